The minimum Gasteiger partial charge on any atom is -0.494 e. The van der Waals surface area contributed by atoms with Gasteiger partial charge < -0.3 is 24.6 Å². The summed E-state index contributed by atoms with van der Waals surface area (Å²) in [6, 6.07) is 28.7. The van der Waals surface area contributed by atoms with Crippen molar-refractivity contribution in [2.24, 2.45) is 10.1 Å². The minimum absolute atomic E-state index is 0.0114. The van der Waals surface area contributed by atoms with Crippen LogP contribution in [0.1, 0.15) is 40.3 Å². The number of halogens is 3. The first-order chi connectivity index (χ1) is 23.2. The Balaban J connectivity index is 1.53. The summed E-state index contributed by atoms with van der Waals surface area (Å²) in [5.41, 5.74) is 10.7. The van der Waals surface area contributed by atoms with Crippen molar-refractivity contribution in [2.45, 2.75) is 43.9 Å². The second kappa shape index (κ2) is 15.4. The van der Waals surface area contributed by atoms with E-state index in [4.69, 9.17) is 25.1 Å². The molecule has 4 aromatic carbocycles. The fourth-order valence-corrected chi connectivity index (χ4v) is 5.34. The summed E-state index contributed by atoms with van der Waals surface area (Å²) in [7, 11) is 0. The van der Waals surface area contributed by atoms with Gasteiger partial charge in [0.15, 0.2) is 11.6 Å². The van der Waals surface area contributed by atoms with Crippen LogP contribution in [0.25, 0.3) is 10.4 Å². The predicted molar refractivity (Wildman–Crippen MR) is 171 cm³/mol. The van der Waals surface area contributed by atoms with Crippen molar-refractivity contribution in [3.8, 4) is 11.5 Å². The summed E-state index contributed by atoms with van der Waals surface area (Å²) in [5.74, 6) is -0.0438. The molecule has 4 aromatic rings. The summed E-state index contributed by atoms with van der Waals surface area (Å²) in [5, 5.41) is 15.7. The van der Waals surface area contributed by atoms with Crippen LogP contribution in [0.3, 0.4) is 0 Å². The second-order valence-electron chi connectivity index (χ2n) is 10.9. The molecule has 1 aliphatic rings. The van der Waals surface area contributed by atoms with E-state index in [1.807, 2.05) is 54.6 Å². The van der Waals surface area contributed by atoms with Crippen LogP contribution in [0.2, 0.25) is 0 Å². The standard InChI is InChI=1S/C35H32F3N5O5/c36-35(37,38)48-30-15-11-24(12-16-30)22-40-33(45)34(21-27-9-4-5-10-28(27)23-41-43-39)31(25-7-2-1-3-8-25)47-32(42-34)26-13-17-29(18-14-26)46-20-6-19-44/h1-5,7-18,31,44H,6,19-23H2,(H,40,45)/t31-,34-/m1/s1. The van der Waals surface area contributed by atoms with Crippen LogP contribution >= 0.6 is 0 Å². The summed E-state index contributed by atoms with van der Waals surface area (Å²) < 4.78 is 54.1. The Labute approximate surface area is 274 Å². The van der Waals surface area contributed by atoms with Gasteiger partial charge in [0, 0.05) is 36.5 Å². The first-order valence-corrected chi connectivity index (χ1v) is 15.1. The molecule has 2 N–H and O–H groups in total. The Kier molecular flexibility index (Phi) is 10.8. The molecule has 0 aromatic heterocycles. The second-order valence-corrected chi connectivity index (χ2v) is 10.9. The molecule has 0 bridgehead atoms. The molecule has 13 heteroatoms. The van der Waals surface area contributed by atoms with Gasteiger partial charge in [-0.1, -0.05) is 71.8 Å². The average molecular weight is 660 g/mol. The van der Waals surface area contributed by atoms with E-state index < -0.39 is 23.9 Å². The Hall–Kier alpha value is -5.52. The molecule has 5 rings (SSSR count). The largest absolute Gasteiger partial charge is 0.573 e. The number of benzene rings is 4. The Morgan fingerprint density at radius 1 is 0.958 bits per heavy atom. The normalized spacial score (nSPS) is 17.1. The number of aliphatic hydroxyl groups excluding tert-OH is 1. The van der Waals surface area contributed by atoms with Crippen LogP contribution in [0.15, 0.2) is 113 Å². The Morgan fingerprint density at radius 2 is 1.62 bits per heavy atom. The van der Waals surface area contributed by atoms with Crippen LogP contribution in [-0.2, 0) is 29.0 Å². The zero-order valence-corrected chi connectivity index (χ0v) is 25.6. The maximum atomic E-state index is 14.5. The lowest BCUT2D eigenvalue weighted by molar-refractivity contribution is -0.274. The number of alkyl halides is 3. The molecule has 0 unspecified atom stereocenters. The molecule has 1 aliphatic heterocycles. The van der Waals surface area contributed by atoms with Crippen LogP contribution in [0.5, 0.6) is 11.5 Å². The fourth-order valence-electron chi connectivity index (χ4n) is 5.34. The van der Waals surface area contributed by atoms with Crippen molar-refractivity contribution < 1.29 is 37.3 Å². The molecule has 248 valence electrons. The first kappa shape index (κ1) is 33.8. The van der Waals surface area contributed by atoms with Crippen molar-refractivity contribution in [2.75, 3.05) is 13.2 Å². The number of hydrogen-bond donors (Lipinski definition) is 2. The van der Waals surface area contributed by atoms with Crippen molar-refractivity contribution >= 4 is 11.8 Å². The molecule has 1 amide bonds. The van der Waals surface area contributed by atoms with Crippen molar-refractivity contribution in [3.63, 3.8) is 0 Å². The molecule has 0 spiro atoms. The number of hydrogen-bond acceptors (Lipinski definition) is 7. The van der Waals surface area contributed by atoms with Gasteiger partial charge in [-0.2, -0.15) is 0 Å². The van der Waals surface area contributed by atoms with Gasteiger partial charge in [0.05, 0.1) is 13.2 Å². The van der Waals surface area contributed by atoms with Gasteiger partial charge in [-0.25, -0.2) is 4.99 Å². The summed E-state index contributed by atoms with van der Waals surface area (Å²) in [6.45, 7) is 0.402. The summed E-state index contributed by atoms with van der Waals surface area (Å²) >= 11 is 0. The highest BCUT2D eigenvalue weighted by atomic mass is 19.4. The number of rotatable bonds is 14. The first-order valence-electron chi connectivity index (χ1n) is 15.1. The zero-order chi connectivity index (χ0) is 34.0. The van der Waals surface area contributed by atoms with Crippen LogP contribution < -0.4 is 14.8 Å². The van der Waals surface area contributed by atoms with Crippen LogP contribution in [0.4, 0.5) is 13.2 Å². The number of carbonyl (C=O) groups is 1. The summed E-state index contributed by atoms with van der Waals surface area (Å²) in [6.07, 6.45) is -5.15. The van der Waals surface area contributed by atoms with E-state index >= 15 is 0 Å². The third-order valence-electron chi connectivity index (χ3n) is 7.62. The molecule has 0 aliphatic carbocycles. The number of nitrogens with zero attached hydrogens (tertiary/aromatic N) is 4. The third-order valence-corrected chi connectivity index (χ3v) is 7.62. The minimum atomic E-state index is -4.82. The molecule has 0 saturated heterocycles. The van der Waals surface area contributed by atoms with Gasteiger partial charge in [0.2, 0.25) is 5.90 Å². The van der Waals surface area contributed by atoms with Crippen molar-refractivity contribution in [1.82, 2.24) is 5.32 Å². The van der Waals surface area contributed by atoms with E-state index in [-0.39, 0.29) is 37.8 Å². The van der Waals surface area contributed by atoms with E-state index in [0.29, 0.717) is 41.0 Å². The number of ether oxygens (including phenoxy) is 3. The van der Waals surface area contributed by atoms with Crippen molar-refractivity contribution in [3.05, 3.63) is 141 Å². The third kappa shape index (κ3) is 8.44. The maximum Gasteiger partial charge on any atom is 0.573 e. The van der Waals surface area contributed by atoms with E-state index in [0.717, 1.165) is 5.56 Å². The number of nitrogens with one attached hydrogen (secondary N) is 1. The topological polar surface area (TPSA) is 138 Å². The van der Waals surface area contributed by atoms with Gasteiger partial charge in [-0.3, -0.25) is 4.79 Å². The highest BCUT2D eigenvalue weighted by Crippen LogP contribution is 2.43. The molecule has 10 nitrogen and oxygen atoms in total. The van der Waals surface area contributed by atoms with Gasteiger partial charge in [-0.05, 0) is 64.2 Å². The number of aliphatic imine (C=N–C) groups is 1. The van der Waals surface area contributed by atoms with Gasteiger partial charge >= 0.3 is 6.36 Å². The Morgan fingerprint density at radius 3 is 2.29 bits per heavy atom. The molecule has 0 saturated carbocycles. The smallest absolute Gasteiger partial charge is 0.494 e. The van der Waals surface area contributed by atoms with Crippen molar-refractivity contribution in [1.29, 1.82) is 0 Å². The van der Waals surface area contributed by atoms with E-state index in [9.17, 15) is 18.0 Å². The SMILES string of the molecule is [N-]=[N+]=NCc1ccccc1C[C@@]1(C(=O)NCc2ccc(OC(F)(F)F)cc2)N=C(c2ccc(OCCCO)cc2)O[C@@H]1c1ccccc1. The molecule has 1 heterocycles. The number of carbonyl (C=O) groups excluding carboxylic acids is 1. The van der Waals surface area contributed by atoms with Crippen LogP contribution in [0, 0.1) is 0 Å². The molecule has 48 heavy (non-hydrogen) atoms. The van der Waals surface area contributed by atoms with E-state index in [2.05, 4.69) is 20.1 Å². The van der Waals surface area contributed by atoms with E-state index in [1.54, 1.807) is 24.3 Å². The lowest BCUT2D eigenvalue weighted by Gasteiger charge is -2.31. The monoisotopic (exact) mass is 659 g/mol. The van der Waals surface area contributed by atoms with Gasteiger partial charge in [0.1, 0.15) is 11.5 Å². The lowest BCUT2D eigenvalue weighted by Crippen LogP contribution is -2.49. The molecule has 2 atom stereocenters. The maximum absolute atomic E-state index is 14.5. The lowest BCUT2D eigenvalue weighted by atomic mass is 9.81. The molecule has 0 radical (unpaired) electrons. The van der Waals surface area contributed by atoms with E-state index in [1.165, 1.54) is 24.3 Å². The number of azide groups is 1. The fraction of sp³-hybridized carbons (Fsp3) is 0.257. The quantitative estimate of drug-likeness (QED) is 0.0652. The highest BCUT2D eigenvalue weighted by molar-refractivity contribution is 6.01. The predicted octanol–water partition coefficient (Wildman–Crippen LogP) is 6.97. The summed E-state index contributed by atoms with van der Waals surface area (Å²) in [4.78, 5) is 22.4. The average Bonchev–Trinajstić information content (AvgIpc) is 3.48. The van der Waals surface area contributed by atoms with Gasteiger partial charge in [-0.15, -0.1) is 13.2 Å². The number of amides is 1. The van der Waals surface area contributed by atoms with Crippen LogP contribution in [-0.4, -0.2) is 42.0 Å². The molecular formula is C35H32F3N5O5. The highest BCUT2D eigenvalue weighted by Gasteiger charge is 2.53. The Bertz CT molecular complexity index is 1760. The molecular weight excluding hydrogens is 627 g/mol. The van der Waals surface area contributed by atoms with Gasteiger partial charge in [0.25, 0.3) is 5.91 Å². The number of aliphatic hydroxyl groups is 1. The molecule has 0 fully saturated rings. The zero-order valence-electron chi connectivity index (χ0n) is 25.6.